The molecule has 0 radical (unpaired) electrons. The number of nitriles is 1. The van der Waals surface area contributed by atoms with Crippen LogP contribution >= 0.6 is 0 Å². The number of benzene rings is 1. The Balaban J connectivity index is 1.32. The summed E-state index contributed by atoms with van der Waals surface area (Å²) in [5, 5.41) is 26.0. The molecule has 1 aromatic carbocycles. The third-order valence-corrected chi connectivity index (χ3v) is 10.5. The minimum atomic E-state index is -3.69. The Morgan fingerprint density at radius 1 is 1.14 bits per heavy atom. The minimum Gasteiger partial charge on any atom is -0.390 e. The quantitative estimate of drug-likeness (QED) is 0.510. The van der Waals surface area contributed by atoms with Crippen molar-refractivity contribution < 1.29 is 13.5 Å². The van der Waals surface area contributed by atoms with Gasteiger partial charge >= 0.3 is 0 Å². The lowest BCUT2D eigenvalue weighted by Crippen LogP contribution is -2.50. The molecule has 3 aromatic rings. The Kier molecular flexibility index (Phi) is 4.30. The standard InChI is InChI=1S/C27H30N6O3S/c1-24(2,34)27-10-19(11-27)32(16-27)21-9-22(31-23(30-21)37(3,35)36)33-20-8-18(5-4-17(20)12-29-33)26(15-28)13-25(14-26)6-7-25/h4-5,8-9,12,19,34H,6-7,10-11,13-14,16H2,1-3H3. The number of fused-ring (bicyclic) bond motifs is 2. The van der Waals surface area contributed by atoms with Crippen LogP contribution in [0.4, 0.5) is 5.82 Å². The predicted octanol–water partition coefficient (Wildman–Crippen LogP) is 3.29. The number of aromatic nitrogens is 4. The first-order valence-corrected chi connectivity index (χ1v) is 14.7. The number of sulfone groups is 1. The van der Waals surface area contributed by atoms with Crippen LogP contribution in [0.5, 0.6) is 0 Å². The van der Waals surface area contributed by atoms with E-state index in [0.717, 1.165) is 48.4 Å². The summed E-state index contributed by atoms with van der Waals surface area (Å²) >= 11 is 0. The molecule has 5 fully saturated rings. The largest absolute Gasteiger partial charge is 0.390 e. The molecule has 9 nitrogen and oxygen atoms in total. The van der Waals surface area contributed by atoms with E-state index >= 15 is 0 Å². The van der Waals surface area contributed by atoms with Crippen molar-refractivity contribution in [3.8, 4) is 11.9 Å². The van der Waals surface area contributed by atoms with Crippen LogP contribution in [0.1, 0.15) is 57.9 Å². The van der Waals surface area contributed by atoms with Crippen LogP contribution in [-0.2, 0) is 15.3 Å². The summed E-state index contributed by atoms with van der Waals surface area (Å²) in [6.45, 7) is 4.29. The second-order valence-electron chi connectivity index (χ2n) is 12.5. The molecule has 2 aliphatic heterocycles. The SMILES string of the molecule is CC(C)(O)C12CC(C1)N(c1cc(-n3ncc4ccc(C5(C#N)CC6(CC6)C5)cc43)nc(S(C)(=O)=O)n1)C2. The number of nitrogens with zero attached hydrogens (tertiary/aromatic N) is 6. The molecule has 10 heteroatoms. The molecule has 3 aliphatic carbocycles. The van der Waals surface area contributed by atoms with Gasteiger partial charge in [0.15, 0.2) is 5.82 Å². The van der Waals surface area contributed by atoms with Gasteiger partial charge in [0.25, 0.3) is 5.16 Å². The van der Waals surface area contributed by atoms with E-state index in [1.54, 1.807) is 16.9 Å². The maximum Gasteiger partial charge on any atom is 0.250 e. The third kappa shape index (κ3) is 3.23. The molecule has 37 heavy (non-hydrogen) atoms. The predicted molar refractivity (Wildman–Crippen MR) is 137 cm³/mol. The van der Waals surface area contributed by atoms with E-state index in [4.69, 9.17) is 0 Å². The maximum atomic E-state index is 12.6. The third-order valence-electron chi connectivity index (χ3n) is 9.63. The van der Waals surface area contributed by atoms with Crippen molar-refractivity contribution in [1.82, 2.24) is 19.7 Å². The van der Waals surface area contributed by atoms with Crippen molar-refractivity contribution in [3.63, 3.8) is 0 Å². The van der Waals surface area contributed by atoms with E-state index in [9.17, 15) is 18.8 Å². The van der Waals surface area contributed by atoms with Crippen molar-refractivity contribution >= 4 is 26.6 Å². The van der Waals surface area contributed by atoms with Crippen LogP contribution in [0.25, 0.3) is 16.7 Å². The van der Waals surface area contributed by atoms with E-state index in [2.05, 4.69) is 26.0 Å². The first-order chi connectivity index (χ1) is 17.4. The maximum absolute atomic E-state index is 12.6. The van der Waals surface area contributed by atoms with E-state index in [1.165, 1.54) is 12.8 Å². The molecule has 2 bridgehead atoms. The van der Waals surface area contributed by atoms with Crippen molar-refractivity contribution in [1.29, 1.82) is 5.26 Å². The van der Waals surface area contributed by atoms with Crippen LogP contribution < -0.4 is 4.90 Å². The molecule has 1 spiro atoms. The highest BCUT2D eigenvalue weighted by Crippen LogP contribution is 2.68. The van der Waals surface area contributed by atoms with Gasteiger partial charge in [0, 0.05) is 35.7 Å². The summed E-state index contributed by atoms with van der Waals surface area (Å²) in [5.41, 5.74) is 0.594. The van der Waals surface area contributed by atoms with Gasteiger partial charge in [-0.05, 0) is 69.4 Å². The molecule has 0 amide bonds. The van der Waals surface area contributed by atoms with E-state index < -0.39 is 20.9 Å². The molecule has 5 aliphatic rings. The van der Waals surface area contributed by atoms with Crippen molar-refractivity contribution in [2.24, 2.45) is 10.8 Å². The Hall–Kier alpha value is -3.03. The van der Waals surface area contributed by atoms with Gasteiger partial charge in [0.2, 0.25) is 9.84 Å². The van der Waals surface area contributed by atoms with Gasteiger partial charge in [-0.25, -0.2) is 18.1 Å². The zero-order chi connectivity index (χ0) is 26.0. The van der Waals surface area contributed by atoms with Crippen LogP contribution in [0.2, 0.25) is 0 Å². The summed E-state index contributed by atoms with van der Waals surface area (Å²) in [4.78, 5) is 11.0. The fourth-order valence-corrected chi connectivity index (χ4v) is 7.55. The molecule has 8 rings (SSSR count). The van der Waals surface area contributed by atoms with Gasteiger partial charge in [-0.2, -0.15) is 15.3 Å². The summed E-state index contributed by atoms with van der Waals surface area (Å²) in [6, 6.07) is 10.6. The van der Waals surface area contributed by atoms with E-state index in [1.807, 2.05) is 32.0 Å². The molecule has 1 N–H and O–H groups in total. The average molecular weight is 519 g/mol. The molecule has 3 saturated carbocycles. The number of hydrogen-bond acceptors (Lipinski definition) is 8. The molecule has 2 saturated heterocycles. The average Bonchev–Trinajstić information content (AvgIpc) is 3.15. The highest BCUT2D eigenvalue weighted by molar-refractivity contribution is 7.90. The monoisotopic (exact) mass is 518 g/mol. The number of aliphatic hydroxyl groups is 1. The lowest BCUT2D eigenvalue weighted by molar-refractivity contribution is -0.0754. The van der Waals surface area contributed by atoms with Crippen molar-refractivity contribution in [2.45, 2.75) is 74.6 Å². The topological polar surface area (TPSA) is 125 Å². The number of rotatable bonds is 5. The Morgan fingerprint density at radius 2 is 1.84 bits per heavy atom. The second-order valence-corrected chi connectivity index (χ2v) is 14.5. The summed E-state index contributed by atoms with van der Waals surface area (Å²) in [6.07, 6.45) is 8.74. The summed E-state index contributed by atoms with van der Waals surface area (Å²) < 4.78 is 26.8. The highest BCUT2D eigenvalue weighted by Gasteiger charge is 2.63. The fraction of sp³-hybridized carbons (Fsp3) is 0.556. The normalized spacial score (nSPS) is 27.1. The van der Waals surface area contributed by atoms with Crippen molar-refractivity contribution in [2.75, 3.05) is 17.7 Å². The zero-order valence-corrected chi connectivity index (χ0v) is 22.1. The van der Waals surface area contributed by atoms with Gasteiger partial charge < -0.3 is 10.0 Å². The van der Waals surface area contributed by atoms with Crippen LogP contribution in [0, 0.1) is 22.2 Å². The van der Waals surface area contributed by atoms with Gasteiger partial charge in [0.05, 0.1) is 28.8 Å². The smallest absolute Gasteiger partial charge is 0.250 e. The lowest BCUT2D eigenvalue weighted by atomic mass is 9.57. The fourth-order valence-electron chi connectivity index (χ4n) is 7.04. The van der Waals surface area contributed by atoms with Gasteiger partial charge in [-0.1, -0.05) is 12.1 Å². The number of anilines is 1. The van der Waals surface area contributed by atoms with Gasteiger partial charge in [0.1, 0.15) is 5.82 Å². The number of hydrogen-bond donors (Lipinski definition) is 1. The highest BCUT2D eigenvalue weighted by atomic mass is 32.2. The molecule has 4 heterocycles. The van der Waals surface area contributed by atoms with E-state index in [0.29, 0.717) is 23.6 Å². The molecule has 2 aromatic heterocycles. The van der Waals surface area contributed by atoms with Crippen LogP contribution in [0.3, 0.4) is 0 Å². The molecular weight excluding hydrogens is 488 g/mol. The van der Waals surface area contributed by atoms with Crippen LogP contribution in [-0.4, -0.2) is 57.7 Å². The van der Waals surface area contributed by atoms with Crippen LogP contribution in [0.15, 0.2) is 35.6 Å². The van der Waals surface area contributed by atoms with E-state index in [-0.39, 0.29) is 16.6 Å². The summed E-state index contributed by atoms with van der Waals surface area (Å²) in [7, 11) is -3.69. The first-order valence-electron chi connectivity index (χ1n) is 12.8. The first kappa shape index (κ1) is 23.1. The second kappa shape index (κ2) is 6.88. The minimum absolute atomic E-state index is 0.200. The molecule has 192 valence electrons. The Bertz CT molecular complexity index is 1610. The van der Waals surface area contributed by atoms with Crippen molar-refractivity contribution in [3.05, 3.63) is 36.0 Å². The molecule has 0 atom stereocenters. The lowest BCUT2D eigenvalue weighted by Gasteiger charge is -2.45. The molecule has 0 unspecified atom stereocenters. The summed E-state index contributed by atoms with van der Waals surface area (Å²) in [5.74, 6) is 0.902. The Labute approximate surface area is 216 Å². The zero-order valence-electron chi connectivity index (χ0n) is 21.3. The Morgan fingerprint density at radius 3 is 2.43 bits per heavy atom. The molecular formula is C27H30N6O3S. The van der Waals surface area contributed by atoms with Gasteiger partial charge in [-0.15, -0.1) is 0 Å². The van der Waals surface area contributed by atoms with Gasteiger partial charge in [-0.3, -0.25) is 0 Å².